The van der Waals surface area contributed by atoms with E-state index in [1.165, 1.54) is 11.3 Å². The zero-order chi connectivity index (χ0) is 7.68. The average Bonchev–Trinajstić information content (AvgIpc) is 2.55. The summed E-state index contributed by atoms with van der Waals surface area (Å²) in [4.78, 5) is 8.88. The zero-order valence-corrected chi connectivity index (χ0v) is 6.63. The molecule has 56 valence electrons. The van der Waals surface area contributed by atoms with Crippen molar-refractivity contribution in [2.75, 3.05) is 0 Å². The van der Waals surface area contributed by atoms with Gasteiger partial charge in [-0.2, -0.15) is 4.98 Å². The monoisotopic (exact) mass is 167 g/mol. The lowest BCUT2D eigenvalue weighted by Crippen LogP contribution is -1.73. The van der Waals surface area contributed by atoms with E-state index in [2.05, 4.69) is 15.1 Å². The van der Waals surface area contributed by atoms with Crippen molar-refractivity contribution < 1.29 is 4.52 Å². The van der Waals surface area contributed by atoms with Crippen LogP contribution in [-0.4, -0.2) is 15.1 Å². The first kappa shape index (κ1) is 6.48. The minimum absolute atomic E-state index is 0.577. The summed E-state index contributed by atoms with van der Waals surface area (Å²) in [6.45, 7) is 1.76. The van der Waals surface area contributed by atoms with Gasteiger partial charge in [0, 0.05) is 13.1 Å². The first-order valence-corrected chi connectivity index (χ1v) is 3.93. The molecule has 0 unspecified atom stereocenters. The number of aromatic nitrogens is 3. The number of hydrogen-bond donors (Lipinski definition) is 0. The molecular formula is C6H5N3OS. The van der Waals surface area contributed by atoms with Gasteiger partial charge in [0.15, 0.2) is 0 Å². The highest BCUT2D eigenvalue weighted by atomic mass is 32.1. The SMILES string of the molecule is Cc1nc(-c2cncs2)no1. The van der Waals surface area contributed by atoms with Crippen molar-refractivity contribution in [3.63, 3.8) is 0 Å². The smallest absolute Gasteiger partial charge is 0.223 e. The highest BCUT2D eigenvalue weighted by Gasteiger charge is 2.05. The molecule has 0 saturated heterocycles. The van der Waals surface area contributed by atoms with Gasteiger partial charge in [0.2, 0.25) is 11.7 Å². The molecule has 5 heteroatoms. The van der Waals surface area contributed by atoms with Crippen LogP contribution < -0.4 is 0 Å². The molecule has 0 aromatic carbocycles. The minimum atomic E-state index is 0.577. The van der Waals surface area contributed by atoms with Gasteiger partial charge in [0.25, 0.3) is 0 Å². The van der Waals surface area contributed by atoms with Gasteiger partial charge >= 0.3 is 0 Å². The second kappa shape index (κ2) is 2.43. The van der Waals surface area contributed by atoms with Crippen molar-refractivity contribution in [3.05, 3.63) is 17.6 Å². The van der Waals surface area contributed by atoms with E-state index in [1.54, 1.807) is 18.6 Å². The lowest BCUT2D eigenvalue weighted by molar-refractivity contribution is 0.394. The number of rotatable bonds is 1. The van der Waals surface area contributed by atoms with Crippen LogP contribution in [0.15, 0.2) is 16.2 Å². The van der Waals surface area contributed by atoms with E-state index in [1.807, 2.05) is 0 Å². The van der Waals surface area contributed by atoms with Gasteiger partial charge in [-0.3, -0.25) is 4.98 Å². The second-order valence-electron chi connectivity index (χ2n) is 2.00. The molecule has 0 atom stereocenters. The van der Waals surface area contributed by atoms with E-state index in [-0.39, 0.29) is 0 Å². The van der Waals surface area contributed by atoms with Gasteiger partial charge in [0.05, 0.1) is 10.4 Å². The van der Waals surface area contributed by atoms with E-state index in [4.69, 9.17) is 4.52 Å². The molecule has 11 heavy (non-hydrogen) atoms. The summed E-state index contributed by atoms with van der Waals surface area (Å²) in [6, 6.07) is 0. The summed E-state index contributed by atoms with van der Waals surface area (Å²) in [6.07, 6.45) is 1.72. The molecule has 0 radical (unpaired) electrons. The topological polar surface area (TPSA) is 51.8 Å². The molecule has 0 aliphatic rings. The Morgan fingerprint density at radius 1 is 1.55 bits per heavy atom. The van der Waals surface area contributed by atoms with Crippen molar-refractivity contribution in [2.24, 2.45) is 0 Å². The summed E-state index contributed by atoms with van der Waals surface area (Å²) in [5.74, 6) is 1.19. The third kappa shape index (κ3) is 1.14. The molecule has 0 bridgehead atoms. The van der Waals surface area contributed by atoms with Crippen molar-refractivity contribution in [1.82, 2.24) is 15.1 Å². The van der Waals surface area contributed by atoms with Gasteiger partial charge < -0.3 is 4.52 Å². The maximum Gasteiger partial charge on any atom is 0.223 e. The fourth-order valence-corrected chi connectivity index (χ4v) is 1.27. The molecule has 0 aliphatic carbocycles. The fourth-order valence-electron chi connectivity index (χ4n) is 0.726. The Hall–Kier alpha value is -1.23. The number of aryl methyl sites for hydroxylation is 1. The van der Waals surface area contributed by atoms with Crippen LogP contribution in [-0.2, 0) is 0 Å². The maximum absolute atomic E-state index is 4.81. The summed E-state index contributed by atoms with van der Waals surface area (Å²) in [5, 5.41) is 3.74. The van der Waals surface area contributed by atoms with Crippen LogP contribution in [0.25, 0.3) is 10.7 Å². The van der Waals surface area contributed by atoms with Gasteiger partial charge in [-0.25, -0.2) is 0 Å². The summed E-state index contributed by atoms with van der Waals surface area (Å²) in [5.41, 5.74) is 1.74. The number of nitrogens with zero attached hydrogens (tertiary/aromatic N) is 3. The minimum Gasteiger partial charge on any atom is -0.339 e. The Morgan fingerprint density at radius 2 is 2.45 bits per heavy atom. The maximum atomic E-state index is 4.81. The van der Waals surface area contributed by atoms with Crippen LogP contribution in [0.5, 0.6) is 0 Å². The number of thiazole rings is 1. The highest BCUT2D eigenvalue weighted by Crippen LogP contribution is 2.18. The highest BCUT2D eigenvalue weighted by molar-refractivity contribution is 7.13. The number of hydrogen-bond acceptors (Lipinski definition) is 5. The van der Waals surface area contributed by atoms with Crippen molar-refractivity contribution in [1.29, 1.82) is 0 Å². The molecule has 0 spiro atoms. The molecule has 0 aliphatic heterocycles. The van der Waals surface area contributed by atoms with Crippen LogP contribution in [0.4, 0.5) is 0 Å². The Bertz CT molecular complexity index is 340. The summed E-state index contributed by atoms with van der Waals surface area (Å²) < 4.78 is 4.81. The third-order valence-electron chi connectivity index (χ3n) is 1.18. The predicted octanol–water partition coefficient (Wildman–Crippen LogP) is 1.50. The first-order chi connectivity index (χ1) is 5.36. The molecule has 2 heterocycles. The van der Waals surface area contributed by atoms with Crippen LogP contribution in [0, 0.1) is 6.92 Å². The Balaban J connectivity index is 2.45. The molecular weight excluding hydrogens is 162 g/mol. The largest absolute Gasteiger partial charge is 0.339 e. The Labute approximate surface area is 66.9 Å². The quantitative estimate of drug-likeness (QED) is 0.645. The molecule has 0 N–H and O–H groups in total. The van der Waals surface area contributed by atoms with Crippen molar-refractivity contribution in [2.45, 2.75) is 6.92 Å². The normalized spacial score (nSPS) is 10.3. The third-order valence-corrected chi connectivity index (χ3v) is 1.95. The molecule has 0 saturated carbocycles. The van der Waals surface area contributed by atoms with E-state index in [9.17, 15) is 0 Å². The Morgan fingerprint density at radius 3 is 3.00 bits per heavy atom. The van der Waals surface area contributed by atoms with Crippen LogP contribution >= 0.6 is 11.3 Å². The molecule has 0 amide bonds. The molecule has 2 aromatic heterocycles. The lowest BCUT2D eigenvalue weighted by Gasteiger charge is -1.78. The van der Waals surface area contributed by atoms with Crippen molar-refractivity contribution in [3.8, 4) is 10.7 Å². The fraction of sp³-hybridized carbons (Fsp3) is 0.167. The lowest BCUT2D eigenvalue weighted by atomic mass is 10.5. The summed E-state index contributed by atoms with van der Waals surface area (Å²) >= 11 is 1.49. The molecule has 4 nitrogen and oxygen atoms in total. The molecule has 0 fully saturated rings. The van der Waals surface area contributed by atoms with Crippen LogP contribution in [0.1, 0.15) is 5.89 Å². The van der Waals surface area contributed by atoms with Gasteiger partial charge in [-0.05, 0) is 0 Å². The standard InChI is InChI=1S/C6H5N3OS/c1-4-8-6(9-10-4)5-2-7-3-11-5/h2-3H,1H3. The van der Waals surface area contributed by atoms with E-state index < -0.39 is 0 Å². The van der Waals surface area contributed by atoms with Gasteiger partial charge in [-0.1, -0.05) is 5.16 Å². The van der Waals surface area contributed by atoms with Gasteiger partial charge in [0.1, 0.15) is 0 Å². The Kier molecular flexibility index (Phi) is 1.43. The average molecular weight is 167 g/mol. The van der Waals surface area contributed by atoms with E-state index >= 15 is 0 Å². The second-order valence-corrected chi connectivity index (χ2v) is 2.89. The van der Waals surface area contributed by atoms with Crippen LogP contribution in [0.3, 0.4) is 0 Å². The predicted molar refractivity (Wildman–Crippen MR) is 40.1 cm³/mol. The van der Waals surface area contributed by atoms with Crippen molar-refractivity contribution >= 4 is 11.3 Å². The first-order valence-electron chi connectivity index (χ1n) is 3.05. The van der Waals surface area contributed by atoms with Crippen LogP contribution in [0.2, 0.25) is 0 Å². The van der Waals surface area contributed by atoms with E-state index in [0.717, 1.165) is 4.88 Å². The molecule has 2 aromatic rings. The zero-order valence-electron chi connectivity index (χ0n) is 5.81. The summed E-state index contributed by atoms with van der Waals surface area (Å²) in [7, 11) is 0. The molecule has 2 rings (SSSR count). The van der Waals surface area contributed by atoms with Gasteiger partial charge in [-0.15, -0.1) is 11.3 Å². The van der Waals surface area contributed by atoms with E-state index in [0.29, 0.717) is 11.7 Å².